The number of nitrogens with zero attached hydrogens (tertiary/aromatic N) is 1. The fourth-order valence-electron chi connectivity index (χ4n) is 5.08. The van der Waals surface area contributed by atoms with Gasteiger partial charge in [0.1, 0.15) is 0 Å². The fraction of sp³-hybridized carbons (Fsp3) is 0. The standard InChI is InChI=1S/C30H18ClNS/c31-24-18-17-22(30-29(24)23-12-4-8-16-28(23)33-30)21-11-3-7-15-27(21)32-25-13-5-1-9-19(25)20-10-2-6-14-26(20)32/h1-18H. The molecule has 0 aliphatic rings. The largest absolute Gasteiger partial charge is 0.309 e. The van der Waals surface area contributed by atoms with Crippen LogP contribution in [-0.2, 0) is 0 Å². The lowest BCUT2D eigenvalue weighted by atomic mass is 10.0. The number of rotatable bonds is 2. The number of para-hydroxylation sites is 3. The number of fused-ring (bicyclic) bond motifs is 6. The Labute approximate surface area is 200 Å². The van der Waals surface area contributed by atoms with E-state index in [-0.39, 0.29) is 0 Å². The maximum Gasteiger partial charge on any atom is 0.0541 e. The molecule has 7 aromatic rings. The van der Waals surface area contributed by atoms with E-state index in [0.29, 0.717) is 0 Å². The first-order valence-corrected chi connectivity index (χ1v) is 12.2. The summed E-state index contributed by atoms with van der Waals surface area (Å²) in [5.41, 5.74) is 6.03. The Balaban J connectivity index is 1.61. The van der Waals surface area contributed by atoms with E-state index in [1.54, 1.807) is 0 Å². The number of hydrogen-bond acceptors (Lipinski definition) is 1. The lowest BCUT2D eigenvalue weighted by molar-refractivity contribution is 1.18. The van der Waals surface area contributed by atoms with E-state index in [9.17, 15) is 0 Å². The van der Waals surface area contributed by atoms with Crippen LogP contribution in [0.15, 0.2) is 109 Å². The van der Waals surface area contributed by atoms with Crippen LogP contribution in [0.1, 0.15) is 0 Å². The third kappa shape index (κ3) is 2.72. The van der Waals surface area contributed by atoms with Gasteiger partial charge in [-0.25, -0.2) is 0 Å². The Morgan fingerprint density at radius 1 is 0.545 bits per heavy atom. The third-order valence-corrected chi connectivity index (χ3v) is 8.01. The minimum Gasteiger partial charge on any atom is -0.309 e. The van der Waals surface area contributed by atoms with Crippen molar-refractivity contribution in [3.05, 3.63) is 114 Å². The van der Waals surface area contributed by atoms with Crippen LogP contribution in [0.3, 0.4) is 0 Å². The van der Waals surface area contributed by atoms with Crippen LogP contribution < -0.4 is 0 Å². The molecule has 1 nitrogen and oxygen atoms in total. The number of halogens is 1. The molecule has 0 unspecified atom stereocenters. The van der Waals surface area contributed by atoms with Crippen molar-refractivity contribution in [1.82, 2.24) is 4.57 Å². The van der Waals surface area contributed by atoms with Gasteiger partial charge in [-0.3, -0.25) is 0 Å². The Hall–Kier alpha value is -3.59. The van der Waals surface area contributed by atoms with Crippen molar-refractivity contribution < 1.29 is 0 Å². The predicted molar refractivity (Wildman–Crippen MR) is 144 cm³/mol. The number of benzene rings is 5. The van der Waals surface area contributed by atoms with Crippen LogP contribution in [0.25, 0.3) is 58.8 Å². The zero-order valence-corrected chi connectivity index (χ0v) is 19.2. The highest BCUT2D eigenvalue weighted by Gasteiger charge is 2.18. The zero-order valence-electron chi connectivity index (χ0n) is 17.6. The molecule has 0 N–H and O–H groups in total. The molecule has 0 amide bonds. The molecule has 0 bridgehead atoms. The molecule has 0 fully saturated rings. The molecule has 5 aromatic carbocycles. The summed E-state index contributed by atoms with van der Waals surface area (Å²) in [5, 5.41) is 5.71. The molecule has 2 aromatic heterocycles. The van der Waals surface area contributed by atoms with Gasteiger partial charge in [0.15, 0.2) is 0 Å². The van der Waals surface area contributed by atoms with Crippen molar-refractivity contribution in [3.8, 4) is 16.8 Å². The molecule has 0 spiro atoms. The van der Waals surface area contributed by atoms with Gasteiger partial charge in [-0.15, -0.1) is 11.3 Å². The third-order valence-electron chi connectivity index (χ3n) is 6.49. The predicted octanol–water partition coefficient (Wildman–Crippen LogP) is 9.47. The molecule has 0 aliphatic carbocycles. The second-order valence-electron chi connectivity index (χ2n) is 8.28. The van der Waals surface area contributed by atoms with Crippen molar-refractivity contribution >= 4 is 64.9 Å². The van der Waals surface area contributed by atoms with Crippen LogP contribution in [0.4, 0.5) is 0 Å². The summed E-state index contributed by atoms with van der Waals surface area (Å²) in [6, 6.07) is 38.8. The number of aromatic nitrogens is 1. The number of hydrogen-bond donors (Lipinski definition) is 0. The summed E-state index contributed by atoms with van der Waals surface area (Å²) in [6.07, 6.45) is 0. The van der Waals surface area contributed by atoms with Crippen LogP contribution in [-0.4, -0.2) is 4.57 Å². The average Bonchev–Trinajstić information content (AvgIpc) is 3.41. The van der Waals surface area contributed by atoms with Gasteiger partial charge in [-0.2, -0.15) is 0 Å². The van der Waals surface area contributed by atoms with Crippen molar-refractivity contribution in [2.75, 3.05) is 0 Å². The SMILES string of the molecule is Clc1ccc(-c2ccccc2-n2c3ccccc3c3ccccc32)c2sc3ccccc3c12. The van der Waals surface area contributed by atoms with Gasteiger partial charge < -0.3 is 4.57 Å². The maximum absolute atomic E-state index is 6.73. The highest BCUT2D eigenvalue weighted by Crippen LogP contribution is 2.45. The van der Waals surface area contributed by atoms with Crippen LogP contribution >= 0.6 is 22.9 Å². The second kappa shape index (κ2) is 7.21. The molecule has 0 radical (unpaired) electrons. The minimum absolute atomic E-state index is 0.806. The Kier molecular flexibility index (Phi) is 4.14. The zero-order chi connectivity index (χ0) is 21.9. The molecular weight excluding hydrogens is 442 g/mol. The minimum atomic E-state index is 0.806. The first-order chi connectivity index (χ1) is 16.3. The number of thiophene rings is 1. The van der Waals surface area contributed by atoms with Gasteiger partial charge in [0.05, 0.1) is 16.7 Å². The molecule has 156 valence electrons. The van der Waals surface area contributed by atoms with Gasteiger partial charge in [0.25, 0.3) is 0 Å². The lowest BCUT2D eigenvalue weighted by Crippen LogP contribution is -1.97. The maximum atomic E-state index is 6.73. The monoisotopic (exact) mass is 459 g/mol. The summed E-state index contributed by atoms with van der Waals surface area (Å²) in [5.74, 6) is 0. The molecule has 7 rings (SSSR count). The van der Waals surface area contributed by atoms with E-state index in [4.69, 9.17) is 11.6 Å². The topological polar surface area (TPSA) is 4.93 Å². The highest BCUT2D eigenvalue weighted by molar-refractivity contribution is 7.26. The summed E-state index contributed by atoms with van der Waals surface area (Å²) in [6.45, 7) is 0. The van der Waals surface area contributed by atoms with E-state index < -0.39 is 0 Å². The van der Waals surface area contributed by atoms with E-state index >= 15 is 0 Å². The average molecular weight is 460 g/mol. The molecule has 0 atom stereocenters. The van der Waals surface area contributed by atoms with Crippen LogP contribution in [0, 0.1) is 0 Å². The van der Waals surface area contributed by atoms with E-state index in [1.807, 2.05) is 17.4 Å². The van der Waals surface area contributed by atoms with Crippen molar-refractivity contribution in [2.24, 2.45) is 0 Å². The second-order valence-corrected chi connectivity index (χ2v) is 9.74. The van der Waals surface area contributed by atoms with E-state index in [2.05, 4.69) is 108 Å². The van der Waals surface area contributed by atoms with Gasteiger partial charge in [0.2, 0.25) is 0 Å². The lowest BCUT2D eigenvalue weighted by Gasteiger charge is -2.15. The van der Waals surface area contributed by atoms with Gasteiger partial charge in [-0.05, 0) is 30.3 Å². The van der Waals surface area contributed by atoms with Crippen LogP contribution in [0.5, 0.6) is 0 Å². The Morgan fingerprint density at radius 3 is 1.91 bits per heavy atom. The summed E-state index contributed by atoms with van der Waals surface area (Å²) in [7, 11) is 0. The van der Waals surface area contributed by atoms with E-state index in [1.165, 1.54) is 53.4 Å². The fourth-order valence-corrected chi connectivity index (χ4v) is 6.65. The van der Waals surface area contributed by atoms with Gasteiger partial charge in [-0.1, -0.05) is 90.5 Å². The highest BCUT2D eigenvalue weighted by atomic mass is 35.5. The molecule has 0 saturated heterocycles. The molecule has 0 saturated carbocycles. The first-order valence-electron chi connectivity index (χ1n) is 11.0. The molecule has 0 aliphatic heterocycles. The smallest absolute Gasteiger partial charge is 0.0541 e. The van der Waals surface area contributed by atoms with Crippen molar-refractivity contribution in [1.29, 1.82) is 0 Å². The molecule has 3 heteroatoms. The Bertz CT molecular complexity index is 1790. The van der Waals surface area contributed by atoms with Gasteiger partial charge >= 0.3 is 0 Å². The quantitative estimate of drug-likeness (QED) is 0.242. The van der Waals surface area contributed by atoms with E-state index in [0.717, 1.165) is 10.4 Å². The summed E-state index contributed by atoms with van der Waals surface area (Å²) >= 11 is 8.55. The first kappa shape index (κ1) is 18.9. The van der Waals surface area contributed by atoms with Crippen LogP contribution in [0.2, 0.25) is 5.02 Å². The Morgan fingerprint density at radius 2 is 1.15 bits per heavy atom. The normalized spacial score (nSPS) is 11.8. The molecule has 33 heavy (non-hydrogen) atoms. The summed E-state index contributed by atoms with van der Waals surface area (Å²) in [4.78, 5) is 0. The molecular formula is C30H18ClNS. The summed E-state index contributed by atoms with van der Waals surface area (Å²) < 4.78 is 4.89. The van der Waals surface area contributed by atoms with Crippen molar-refractivity contribution in [3.63, 3.8) is 0 Å². The van der Waals surface area contributed by atoms with Gasteiger partial charge in [0, 0.05) is 47.1 Å². The van der Waals surface area contributed by atoms with Crippen molar-refractivity contribution in [2.45, 2.75) is 0 Å². The molecule has 2 heterocycles.